The smallest absolute Gasteiger partial charge is 0.421 e. The fourth-order valence-corrected chi connectivity index (χ4v) is 6.87. The van der Waals surface area contributed by atoms with Gasteiger partial charge in [-0.05, 0) is 80.8 Å². The van der Waals surface area contributed by atoms with Crippen LogP contribution in [0, 0.1) is 0 Å². The molecule has 2 aliphatic rings. The van der Waals surface area contributed by atoms with Crippen LogP contribution in [0.2, 0.25) is 0 Å². The van der Waals surface area contributed by atoms with Crippen LogP contribution < -0.4 is 29.1 Å². The Morgan fingerprint density at radius 1 is 0.825 bits per heavy atom. The summed E-state index contributed by atoms with van der Waals surface area (Å²) in [6.45, 7) is 10.8. The number of carbonyl (C=O) groups excluding carboxylic acids is 2. The molecule has 296 valence electrons. The van der Waals surface area contributed by atoms with Crippen LogP contribution in [0.4, 0.5) is 33.9 Å². The number of nitrogens with zero attached hydrogens (tertiary/aromatic N) is 8. The van der Waals surface area contributed by atoms with E-state index in [0.717, 1.165) is 55.9 Å². The van der Waals surface area contributed by atoms with Gasteiger partial charge in [-0.1, -0.05) is 30.3 Å². The van der Waals surface area contributed by atoms with E-state index in [2.05, 4.69) is 14.7 Å². The van der Waals surface area contributed by atoms with Crippen molar-refractivity contribution in [2.45, 2.75) is 52.8 Å². The van der Waals surface area contributed by atoms with Gasteiger partial charge in [-0.15, -0.1) is 0 Å². The third-order valence-corrected chi connectivity index (χ3v) is 9.66. The van der Waals surface area contributed by atoms with Crippen molar-refractivity contribution < 1.29 is 28.5 Å². The molecule has 2 amide bonds. The molecular weight excluding hydrogens is 725 g/mol. The lowest BCUT2D eigenvalue weighted by molar-refractivity contribution is -0.116. The number of hydrogen-bond donors (Lipinski definition) is 0. The van der Waals surface area contributed by atoms with E-state index in [0.29, 0.717) is 69.9 Å². The lowest BCUT2D eigenvalue weighted by Crippen LogP contribution is -2.39. The molecule has 14 heteroatoms. The summed E-state index contributed by atoms with van der Waals surface area (Å²) < 4.78 is 22.0. The molecule has 3 aromatic carbocycles. The van der Waals surface area contributed by atoms with Gasteiger partial charge in [0, 0.05) is 68.9 Å². The van der Waals surface area contributed by atoms with E-state index >= 15 is 0 Å². The van der Waals surface area contributed by atoms with Crippen LogP contribution in [-0.4, -0.2) is 84.6 Å². The Labute approximate surface area is 333 Å². The van der Waals surface area contributed by atoms with E-state index in [9.17, 15) is 9.59 Å². The zero-order valence-corrected chi connectivity index (χ0v) is 33.3. The lowest BCUT2D eigenvalue weighted by atomic mass is 10.1. The molecule has 2 aliphatic heterocycles. The number of anilines is 5. The predicted molar refractivity (Wildman–Crippen MR) is 219 cm³/mol. The number of hydrogen-bond acceptors (Lipinski definition) is 13. The van der Waals surface area contributed by atoms with Crippen LogP contribution in [0.1, 0.15) is 44.4 Å². The highest BCUT2D eigenvalue weighted by atomic mass is 16.6. The summed E-state index contributed by atoms with van der Waals surface area (Å²) in [5.41, 5.74) is 5.06. The fourth-order valence-electron chi connectivity index (χ4n) is 6.87. The second-order valence-electron chi connectivity index (χ2n) is 14.9. The summed E-state index contributed by atoms with van der Waals surface area (Å²) in [6.07, 6.45) is 3.59. The Kier molecular flexibility index (Phi) is 11.5. The van der Waals surface area contributed by atoms with Gasteiger partial charge in [-0.25, -0.2) is 24.6 Å². The summed E-state index contributed by atoms with van der Waals surface area (Å²) in [7, 11) is 3.31. The Morgan fingerprint density at radius 2 is 1.44 bits per heavy atom. The maximum atomic E-state index is 13.2. The Balaban J connectivity index is 1.23. The molecule has 0 radical (unpaired) electrons. The molecule has 5 aromatic rings. The van der Waals surface area contributed by atoms with Gasteiger partial charge in [-0.2, -0.15) is 4.98 Å². The molecule has 57 heavy (non-hydrogen) atoms. The molecule has 7 rings (SSSR count). The van der Waals surface area contributed by atoms with E-state index in [1.807, 2.05) is 79.1 Å². The van der Waals surface area contributed by atoms with Crippen LogP contribution in [-0.2, 0) is 33.8 Å². The van der Waals surface area contributed by atoms with Gasteiger partial charge in [0.15, 0.2) is 0 Å². The van der Waals surface area contributed by atoms with Crippen LogP contribution >= 0.6 is 0 Å². The van der Waals surface area contributed by atoms with Crippen molar-refractivity contribution in [2.75, 3.05) is 66.7 Å². The zero-order valence-electron chi connectivity index (χ0n) is 33.3. The van der Waals surface area contributed by atoms with Gasteiger partial charge in [0.05, 0.1) is 38.8 Å². The maximum Gasteiger partial charge on any atom is 0.421 e. The van der Waals surface area contributed by atoms with Crippen molar-refractivity contribution in [2.24, 2.45) is 0 Å². The predicted octanol–water partition coefficient (Wildman–Crippen LogP) is 6.98. The summed E-state index contributed by atoms with van der Waals surface area (Å²) in [6, 6.07) is 23.3. The number of benzene rings is 3. The highest BCUT2D eigenvalue weighted by Crippen LogP contribution is 2.40. The minimum Gasteiger partial charge on any atom is -0.497 e. The zero-order chi connectivity index (χ0) is 40.1. The van der Waals surface area contributed by atoms with Crippen LogP contribution in [0.25, 0.3) is 11.3 Å². The quantitative estimate of drug-likeness (QED) is 0.137. The third-order valence-electron chi connectivity index (χ3n) is 9.66. The molecule has 1 fully saturated rings. The van der Waals surface area contributed by atoms with E-state index in [4.69, 9.17) is 38.9 Å². The molecule has 0 bridgehead atoms. The van der Waals surface area contributed by atoms with Crippen molar-refractivity contribution in [1.29, 1.82) is 0 Å². The second kappa shape index (κ2) is 16.8. The summed E-state index contributed by atoms with van der Waals surface area (Å²) in [5.74, 6) is 3.04. The lowest BCUT2D eigenvalue weighted by Gasteiger charge is -2.29. The monoisotopic (exact) mass is 772 g/mol. The molecule has 0 atom stereocenters. The molecule has 0 N–H and O–H groups in total. The van der Waals surface area contributed by atoms with Gasteiger partial charge in [0.2, 0.25) is 17.8 Å². The van der Waals surface area contributed by atoms with Crippen LogP contribution in [0.15, 0.2) is 85.2 Å². The number of aromatic nitrogens is 4. The Hall–Kier alpha value is -6.28. The number of carbonyl (C=O) groups is 2. The molecule has 2 aromatic heterocycles. The van der Waals surface area contributed by atoms with Crippen molar-refractivity contribution in [3.63, 3.8) is 0 Å². The van der Waals surface area contributed by atoms with Crippen molar-refractivity contribution in [3.05, 3.63) is 102 Å². The van der Waals surface area contributed by atoms with E-state index < -0.39 is 17.6 Å². The third kappa shape index (κ3) is 9.07. The number of rotatable bonds is 11. The maximum absolute atomic E-state index is 13.2. The molecule has 4 heterocycles. The average Bonchev–Trinajstić information content (AvgIpc) is 3.65. The first kappa shape index (κ1) is 39.0. The fraction of sp³-hybridized carbons (Fsp3) is 0.349. The van der Waals surface area contributed by atoms with Gasteiger partial charge >= 0.3 is 6.09 Å². The summed E-state index contributed by atoms with van der Waals surface area (Å²) in [4.78, 5) is 53.5. The largest absolute Gasteiger partial charge is 0.497 e. The number of amides is 2. The molecule has 1 saturated heterocycles. The second-order valence-corrected chi connectivity index (χ2v) is 14.9. The number of morpholine rings is 1. The molecular formula is C43H48N8O6. The standard InChI is InChI=1S/C43H48N8O6/c1-29(52)51(42(53)57-43(2,3)4)34-9-7-8-33(24-34)50-19-18-37-38(46-41(47-39(37)50)48-20-22-56-23-21-48)32-25-44-40(45-26-32)49(27-30-10-14-35(54-5)15-11-30)28-31-12-16-36(55-6)17-13-31/h7-17,24-26H,18-23,27-28H2,1-6H3. The highest BCUT2D eigenvalue weighted by molar-refractivity contribution is 6.11. The van der Waals surface area contributed by atoms with Gasteiger partial charge in [0.25, 0.3) is 0 Å². The summed E-state index contributed by atoms with van der Waals surface area (Å²) >= 11 is 0. The SMILES string of the molecule is COc1ccc(CN(Cc2ccc(OC)cc2)c2ncc(-c3nc(N4CCOCC4)nc4c3CCN4c3cccc(N(C(C)=O)C(=O)OC(C)(C)C)c3)cn2)cc1. The highest BCUT2D eigenvalue weighted by Gasteiger charge is 2.31. The van der Waals surface area contributed by atoms with Crippen molar-refractivity contribution >= 4 is 41.1 Å². The van der Waals surface area contributed by atoms with Crippen molar-refractivity contribution in [3.8, 4) is 22.8 Å². The van der Waals surface area contributed by atoms with E-state index in [1.165, 1.54) is 6.92 Å². The Morgan fingerprint density at radius 3 is 2.00 bits per heavy atom. The number of fused-ring (bicyclic) bond motifs is 1. The number of methoxy groups -OCH3 is 2. The molecule has 0 aliphatic carbocycles. The van der Waals surface area contributed by atoms with Crippen LogP contribution in [0.5, 0.6) is 11.5 Å². The van der Waals surface area contributed by atoms with E-state index in [1.54, 1.807) is 41.1 Å². The molecule has 0 saturated carbocycles. The topological polar surface area (TPSA) is 136 Å². The molecule has 14 nitrogen and oxygen atoms in total. The first-order chi connectivity index (χ1) is 27.5. The van der Waals surface area contributed by atoms with Gasteiger partial charge in [-0.3, -0.25) is 4.79 Å². The van der Waals surface area contributed by atoms with Gasteiger partial charge < -0.3 is 33.6 Å². The Bertz CT molecular complexity index is 2140. The van der Waals surface area contributed by atoms with Crippen molar-refractivity contribution in [1.82, 2.24) is 19.9 Å². The normalized spacial score (nSPS) is 13.9. The first-order valence-corrected chi connectivity index (χ1v) is 19.0. The van der Waals surface area contributed by atoms with E-state index in [-0.39, 0.29) is 0 Å². The first-order valence-electron chi connectivity index (χ1n) is 19.0. The molecule has 0 spiro atoms. The molecule has 0 unspecified atom stereocenters. The number of imide groups is 1. The van der Waals surface area contributed by atoms with Crippen LogP contribution in [0.3, 0.4) is 0 Å². The minimum absolute atomic E-state index is 0.406. The van der Waals surface area contributed by atoms with Gasteiger partial charge in [0.1, 0.15) is 22.9 Å². The number of ether oxygens (including phenoxy) is 4. The summed E-state index contributed by atoms with van der Waals surface area (Å²) in [5, 5.41) is 0. The average molecular weight is 773 g/mol. The minimum atomic E-state index is -0.771.